The Morgan fingerprint density at radius 1 is 1.41 bits per heavy atom. The third-order valence-corrected chi connectivity index (χ3v) is 2.32. The summed E-state index contributed by atoms with van der Waals surface area (Å²) >= 11 is 0. The molecule has 17 heavy (non-hydrogen) atoms. The van der Waals surface area contributed by atoms with E-state index >= 15 is 0 Å². The molecule has 0 atom stereocenters. The van der Waals surface area contributed by atoms with Crippen molar-refractivity contribution in [1.29, 1.82) is 0 Å². The molecule has 6 heteroatoms. The van der Waals surface area contributed by atoms with Crippen molar-refractivity contribution in [2.45, 2.75) is 6.54 Å². The van der Waals surface area contributed by atoms with Gasteiger partial charge in [0.1, 0.15) is 6.61 Å². The molecule has 0 saturated heterocycles. The quantitative estimate of drug-likeness (QED) is 0.814. The van der Waals surface area contributed by atoms with Crippen LogP contribution < -0.4 is 0 Å². The lowest BCUT2D eigenvalue weighted by Gasteiger charge is -2.03. The Kier molecular flexibility index (Phi) is 3.14. The monoisotopic (exact) mass is 240 g/mol. The van der Waals surface area contributed by atoms with E-state index in [9.17, 15) is 13.6 Å². The van der Waals surface area contributed by atoms with Crippen LogP contribution >= 0.6 is 0 Å². The van der Waals surface area contributed by atoms with Crippen LogP contribution in [-0.2, 0) is 16.1 Å². The van der Waals surface area contributed by atoms with Crippen LogP contribution in [0.3, 0.4) is 0 Å². The molecule has 0 spiro atoms. The Hall–Kier alpha value is -1.82. The lowest BCUT2D eigenvalue weighted by Crippen LogP contribution is -2.14. The van der Waals surface area contributed by atoms with Crippen molar-refractivity contribution in [2.75, 3.05) is 13.7 Å². The van der Waals surface area contributed by atoms with Gasteiger partial charge in [0, 0.05) is 19.2 Å². The van der Waals surface area contributed by atoms with Gasteiger partial charge in [0.15, 0.2) is 17.4 Å². The Morgan fingerprint density at radius 3 is 2.82 bits per heavy atom. The second kappa shape index (κ2) is 4.58. The summed E-state index contributed by atoms with van der Waals surface area (Å²) in [6, 6.07) is 2.03. The predicted molar refractivity (Wildman–Crippen MR) is 56.5 cm³/mol. The molecule has 4 nitrogen and oxygen atoms in total. The van der Waals surface area contributed by atoms with E-state index in [1.165, 1.54) is 18.0 Å². The molecule has 0 bridgehead atoms. The molecule has 0 amide bonds. The van der Waals surface area contributed by atoms with Gasteiger partial charge in [-0.3, -0.25) is 4.79 Å². The van der Waals surface area contributed by atoms with E-state index in [1.54, 1.807) is 0 Å². The molecule has 0 aliphatic rings. The van der Waals surface area contributed by atoms with Crippen LogP contribution in [0.25, 0.3) is 11.0 Å². The molecular formula is C11H10F2N2O2. The smallest absolute Gasteiger partial charge is 0.178 e. The van der Waals surface area contributed by atoms with Crippen LogP contribution in [0.2, 0.25) is 0 Å². The first-order chi connectivity index (χ1) is 8.11. The Balaban J connectivity index is 2.36. The van der Waals surface area contributed by atoms with Crippen molar-refractivity contribution in [1.82, 2.24) is 9.55 Å². The van der Waals surface area contributed by atoms with Gasteiger partial charge in [-0.1, -0.05) is 0 Å². The first-order valence-electron chi connectivity index (χ1n) is 4.92. The van der Waals surface area contributed by atoms with E-state index in [-0.39, 0.29) is 18.9 Å². The van der Waals surface area contributed by atoms with Gasteiger partial charge in [-0.05, 0) is 0 Å². The fourth-order valence-corrected chi connectivity index (χ4v) is 1.58. The van der Waals surface area contributed by atoms with Crippen molar-refractivity contribution >= 4 is 16.8 Å². The minimum Gasteiger partial charge on any atom is -0.377 e. The number of aromatic nitrogens is 2. The number of carbonyl (C=O) groups is 1. The summed E-state index contributed by atoms with van der Waals surface area (Å²) in [5.41, 5.74) is 0.697. The number of carbonyl (C=O) groups excluding carboxylic acids is 1. The summed E-state index contributed by atoms with van der Waals surface area (Å²) in [7, 11) is 1.42. The fraction of sp³-hybridized carbons (Fsp3) is 0.273. The van der Waals surface area contributed by atoms with Gasteiger partial charge < -0.3 is 9.30 Å². The summed E-state index contributed by atoms with van der Waals surface area (Å²) < 4.78 is 32.1. The third-order valence-electron chi connectivity index (χ3n) is 2.32. The molecule has 0 N–H and O–H groups in total. The normalized spacial score (nSPS) is 11.0. The van der Waals surface area contributed by atoms with Crippen LogP contribution in [-0.4, -0.2) is 29.1 Å². The summed E-state index contributed by atoms with van der Waals surface area (Å²) in [6.45, 7) is -0.00123. The minimum absolute atomic E-state index is 0.0232. The number of Topliss-reactive ketones (excluding diaryl/α,β-unsaturated/α-hetero) is 1. The number of ketones is 1. The van der Waals surface area contributed by atoms with Gasteiger partial charge >= 0.3 is 0 Å². The number of hydrogen-bond acceptors (Lipinski definition) is 3. The van der Waals surface area contributed by atoms with E-state index in [2.05, 4.69) is 9.72 Å². The fourth-order valence-electron chi connectivity index (χ4n) is 1.58. The van der Waals surface area contributed by atoms with Crippen molar-refractivity contribution in [3.05, 3.63) is 30.1 Å². The summed E-state index contributed by atoms with van der Waals surface area (Å²) in [4.78, 5) is 15.3. The maximum Gasteiger partial charge on any atom is 0.178 e. The van der Waals surface area contributed by atoms with Gasteiger partial charge in [0.2, 0.25) is 0 Å². The van der Waals surface area contributed by atoms with Crippen LogP contribution in [0.15, 0.2) is 18.5 Å². The number of methoxy groups -OCH3 is 1. The highest BCUT2D eigenvalue weighted by molar-refractivity contribution is 5.82. The summed E-state index contributed by atoms with van der Waals surface area (Å²) in [6.07, 6.45) is 1.37. The van der Waals surface area contributed by atoms with Crippen LogP contribution in [0.5, 0.6) is 0 Å². The Labute approximate surface area is 95.8 Å². The molecule has 0 fully saturated rings. The van der Waals surface area contributed by atoms with Gasteiger partial charge in [-0.25, -0.2) is 13.8 Å². The van der Waals surface area contributed by atoms with Crippen molar-refractivity contribution in [3.8, 4) is 0 Å². The molecule has 0 aliphatic carbocycles. The van der Waals surface area contributed by atoms with Gasteiger partial charge in [-0.15, -0.1) is 0 Å². The van der Waals surface area contributed by atoms with Crippen molar-refractivity contribution in [2.24, 2.45) is 0 Å². The van der Waals surface area contributed by atoms with Crippen molar-refractivity contribution < 1.29 is 18.3 Å². The molecule has 90 valence electrons. The highest BCUT2D eigenvalue weighted by Crippen LogP contribution is 2.17. The molecule has 0 radical (unpaired) electrons. The van der Waals surface area contributed by atoms with E-state index in [1.807, 2.05) is 0 Å². The molecule has 1 aromatic carbocycles. The Bertz CT molecular complexity index is 566. The zero-order valence-corrected chi connectivity index (χ0v) is 9.11. The number of rotatable bonds is 4. The predicted octanol–water partition coefficient (Wildman–Crippen LogP) is 1.53. The third kappa shape index (κ3) is 2.31. The van der Waals surface area contributed by atoms with E-state index in [4.69, 9.17) is 0 Å². The molecule has 0 aliphatic heterocycles. The maximum absolute atomic E-state index is 13.1. The molecular weight excluding hydrogens is 230 g/mol. The van der Waals surface area contributed by atoms with Gasteiger partial charge in [0.05, 0.1) is 23.9 Å². The maximum atomic E-state index is 13.1. The summed E-state index contributed by atoms with van der Waals surface area (Å²) in [5, 5.41) is 0. The van der Waals surface area contributed by atoms with Crippen LogP contribution in [0, 0.1) is 11.6 Å². The van der Waals surface area contributed by atoms with E-state index in [0.717, 1.165) is 12.1 Å². The van der Waals surface area contributed by atoms with E-state index in [0.29, 0.717) is 11.0 Å². The highest BCUT2D eigenvalue weighted by Gasteiger charge is 2.11. The molecule has 1 aromatic heterocycles. The van der Waals surface area contributed by atoms with Crippen molar-refractivity contribution in [3.63, 3.8) is 0 Å². The molecule has 0 saturated carbocycles. The topological polar surface area (TPSA) is 44.1 Å². The second-order valence-electron chi connectivity index (χ2n) is 3.60. The number of hydrogen-bond donors (Lipinski definition) is 0. The average molecular weight is 240 g/mol. The lowest BCUT2D eigenvalue weighted by atomic mass is 10.3. The first-order valence-corrected chi connectivity index (χ1v) is 4.92. The molecule has 2 aromatic rings. The largest absolute Gasteiger partial charge is 0.377 e. The minimum atomic E-state index is -0.960. The number of nitrogens with zero attached hydrogens (tertiary/aromatic N) is 2. The number of ether oxygens (including phenoxy) is 1. The van der Waals surface area contributed by atoms with E-state index < -0.39 is 11.6 Å². The number of fused-ring (bicyclic) bond motifs is 1. The number of halogens is 2. The van der Waals surface area contributed by atoms with Gasteiger partial charge in [-0.2, -0.15) is 0 Å². The van der Waals surface area contributed by atoms with Crippen LogP contribution in [0.1, 0.15) is 0 Å². The second-order valence-corrected chi connectivity index (χ2v) is 3.60. The first kappa shape index (κ1) is 11.7. The summed E-state index contributed by atoms with van der Waals surface area (Å²) in [5.74, 6) is -2.08. The average Bonchev–Trinajstić information content (AvgIpc) is 2.63. The lowest BCUT2D eigenvalue weighted by molar-refractivity contribution is -0.123. The zero-order chi connectivity index (χ0) is 12.4. The Morgan fingerprint density at radius 2 is 2.12 bits per heavy atom. The SMILES string of the molecule is COCC(=O)Cn1cnc2cc(F)c(F)cc21. The van der Waals surface area contributed by atoms with Crippen LogP contribution in [0.4, 0.5) is 8.78 Å². The standard InChI is InChI=1S/C11H10F2N2O2/c1-17-5-7(16)4-15-6-14-10-2-8(12)9(13)3-11(10)15/h2-3,6H,4-5H2,1H3. The molecule has 2 rings (SSSR count). The number of benzene rings is 1. The highest BCUT2D eigenvalue weighted by atomic mass is 19.2. The number of imidazole rings is 1. The molecule has 1 heterocycles. The zero-order valence-electron chi connectivity index (χ0n) is 9.11. The molecule has 0 unspecified atom stereocenters. The van der Waals surface area contributed by atoms with Gasteiger partial charge in [0.25, 0.3) is 0 Å².